The van der Waals surface area contributed by atoms with Gasteiger partial charge >= 0.3 is 0 Å². The van der Waals surface area contributed by atoms with E-state index in [0.717, 1.165) is 11.3 Å². The van der Waals surface area contributed by atoms with Gasteiger partial charge in [-0.15, -0.1) is 0 Å². The summed E-state index contributed by atoms with van der Waals surface area (Å²) in [6, 6.07) is 7.51. The molecular formula is C12H11ClN2O2. The van der Waals surface area contributed by atoms with Gasteiger partial charge in [0.05, 0.1) is 14.2 Å². The van der Waals surface area contributed by atoms with Gasteiger partial charge < -0.3 is 9.47 Å². The van der Waals surface area contributed by atoms with Crippen molar-refractivity contribution in [3.63, 3.8) is 0 Å². The molecule has 0 fully saturated rings. The lowest BCUT2D eigenvalue weighted by Gasteiger charge is -2.09. The zero-order chi connectivity index (χ0) is 12.3. The van der Waals surface area contributed by atoms with E-state index in [9.17, 15) is 0 Å². The Bertz CT molecular complexity index is 532. The molecule has 0 aliphatic heterocycles. The van der Waals surface area contributed by atoms with Crippen LogP contribution in [0.5, 0.6) is 11.5 Å². The standard InChI is InChI=1S/C12H11ClN2O2/c1-16-9-5-3-4-8(6-9)10-11(17-2)12(13)15-7-14-10/h3-7H,1-2H3. The Kier molecular flexibility index (Phi) is 3.44. The van der Waals surface area contributed by atoms with Crippen molar-refractivity contribution in [2.24, 2.45) is 0 Å². The molecule has 1 heterocycles. The summed E-state index contributed by atoms with van der Waals surface area (Å²) in [5.41, 5.74) is 1.51. The second kappa shape index (κ2) is 5.01. The largest absolute Gasteiger partial charge is 0.497 e. The van der Waals surface area contributed by atoms with Gasteiger partial charge in [-0.05, 0) is 12.1 Å². The third-order valence-corrected chi connectivity index (χ3v) is 2.58. The molecule has 0 atom stereocenters. The molecule has 0 radical (unpaired) electrons. The summed E-state index contributed by atoms with van der Waals surface area (Å²) in [4.78, 5) is 8.06. The first-order valence-corrected chi connectivity index (χ1v) is 5.33. The molecule has 0 bridgehead atoms. The zero-order valence-corrected chi connectivity index (χ0v) is 10.2. The lowest BCUT2D eigenvalue weighted by molar-refractivity contribution is 0.411. The van der Waals surface area contributed by atoms with Gasteiger partial charge in [0.2, 0.25) is 0 Å². The predicted molar refractivity (Wildman–Crippen MR) is 65.6 cm³/mol. The van der Waals surface area contributed by atoms with Crippen molar-refractivity contribution < 1.29 is 9.47 Å². The average molecular weight is 251 g/mol. The molecule has 0 aliphatic rings. The minimum atomic E-state index is 0.292. The number of rotatable bonds is 3. The van der Waals surface area contributed by atoms with Crippen molar-refractivity contribution in [3.8, 4) is 22.8 Å². The van der Waals surface area contributed by atoms with Crippen molar-refractivity contribution in [2.75, 3.05) is 14.2 Å². The van der Waals surface area contributed by atoms with Crippen LogP contribution in [0.25, 0.3) is 11.3 Å². The van der Waals surface area contributed by atoms with Crippen LogP contribution in [-0.2, 0) is 0 Å². The van der Waals surface area contributed by atoms with Crippen molar-refractivity contribution in [1.29, 1.82) is 0 Å². The molecule has 1 aromatic heterocycles. The zero-order valence-electron chi connectivity index (χ0n) is 9.48. The Labute approximate surface area is 104 Å². The van der Waals surface area contributed by atoms with Crippen LogP contribution in [-0.4, -0.2) is 24.2 Å². The summed E-state index contributed by atoms with van der Waals surface area (Å²) in [7, 11) is 3.15. The number of halogens is 1. The molecule has 1 aromatic carbocycles. The van der Waals surface area contributed by atoms with Crippen molar-refractivity contribution in [1.82, 2.24) is 9.97 Å². The number of ether oxygens (including phenoxy) is 2. The summed E-state index contributed by atoms with van der Waals surface area (Å²) >= 11 is 5.95. The highest BCUT2D eigenvalue weighted by atomic mass is 35.5. The van der Waals surface area contributed by atoms with E-state index in [4.69, 9.17) is 21.1 Å². The fourth-order valence-corrected chi connectivity index (χ4v) is 1.72. The van der Waals surface area contributed by atoms with E-state index >= 15 is 0 Å². The van der Waals surface area contributed by atoms with Gasteiger partial charge in [-0.1, -0.05) is 23.7 Å². The number of aromatic nitrogens is 2. The molecule has 0 N–H and O–H groups in total. The fourth-order valence-electron chi connectivity index (χ4n) is 1.51. The molecule has 17 heavy (non-hydrogen) atoms. The molecule has 0 spiro atoms. The summed E-state index contributed by atoms with van der Waals surface area (Å²) in [6.07, 6.45) is 1.40. The minimum Gasteiger partial charge on any atom is -0.497 e. The monoisotopic (exact) mass is 250 g/mol. The molecule has 0 saturated heterocycles. The number of nitrogens with zero attached hydrogens (tertiary/aromatic N) is 2. The number of hydrogen-bond acceptors (Lipinski definition) is 4. The van der Waals surface area contributed by atoms with E-state index in [0.29, 0.717) is 16.6 Å². The van der Waals surface area contributed by atoms with Gasteiger partial charge in [-0.25, -0.2) is 9.97 Å². The van der Waals surface area contributed by atoms with Crippen LogP contribution < -0.4 is 9.47 Å². The lowest BCUT2D eigenvalue weighted by atomic mass is 10.1. The molecule has 4 nitrogen and oxygen atoms in total. The number of benzene rings is 1. The van der Waals surface area contributed by atoms with Gasteiger partial charge in [0.25, 0.3) is 0 Å². The van der Waals surface area contributed by atoms with Crippen LogP contribution in [0.1, 0.15) is 0 Å². The molecule has 2 rings (SSSR count). The van der Waals surface area contributed by atoms with E-state index < -0.39 is 0 Å². The second-order valence-electron chi connectivity index (χ2n) is 3.28. The first-order chi connectivity index (χ1) is 8.26. The normalized spacial score (nSPS) is 10.1. The molecule has 0 unspecified atom stereocenters. The Morgan fingerprint density at radius 2 is 1.94 bits per heavy atom. The van der Waals surface area contributed by atoms with E-state index in [1.165, 1.54) is 13.4 Å². The topological polar surface area (TPSA) is 44.2 Å². The summed E-state index contributed by atoms with van der Waals surface area (Å²) in [5, 5.41) is 0.292. The van der Waals surface area contributed by atoms with Gasteiger partial charge in [0, 0.05) is 5.56 Å². The maximum Gasteiger partial charge on any atom is 0.182 e. The van der Waals surface area contributed by atoms with Crippen LogP contribution in [0.15, 0.2) is 30.6 Å². The van der Waals surface area contributed by atoms with Crippen LogP contribution in [0.4, 0.5) is 0 Å². The highest BCUT2D eigenvalue weighted by Crippen LogP contribution is 2.33. The molecular weight excluding hydrogens is 240 g/mol. The summed E-state index contributed by atoms with van der Waals surface area (Å²) in [6.45, 7) is 0. The van der Waals surface area contributed by atoms with Crippen LogP contribution in [0.3, 0.4) is 0 Å². The first kappa shape index (κ1) is 11.7. The summed E-state index contributed by atoms with van der Waals surface area (Å²) in [5.74, 6) is 1.21. The molecule has 5 heteroatoms. The van der Waals surface area contributed by atoms with Crippen molar-refractivity contribution in [3.05, 3.63) is 35.7 Å². The summed E-state index contributed by atoms with van der Waals surface area (Å²) < 4.78 is 10.4. The quantitative estimate of drug-likeness (QED) is 0.786. The molecule has 0 saturated carbocycles. The Morgan fingerprint density at radius 3 is 2.65 bits per heavy atom. The highest BCUT2D eigenvalue weighted by molar-refractivity contribution is 6.31. The first-order valence-electron chi connectivity index (χ1n) is 4.95. The third-order valence-electron chi connectivity index (χ3n) is 2.31. The van der Waals surface area contributed by atoms with E-state index in [2.05, 4.69) is 9.97 Å². The second-order valence-corrected chi connectivity index (χ2v) is 3.64. The SMILES string of the molecule is COc1cccc(-c2ncnc(Cl)c2OC)c1. The van der Waals surface area contributed by atoms with Gasteiger partial charge in [0.1, 0.15) is 17.8 Å². The smallest absolute Gasteiger partial charge is 0.182 e. The maximum absolute atomic E-state index is 5.95. The molecule has 0 amide bonds. The number of hydrogen-bond donors (Lipinski definition) is 0. The molecule has 0 aliphatic carbocycles. The molecule has 2 aromatic rings. The Hall–Kier alpha value is -1.81. The lowest BCUT2D eigenvalue weighted by Crippen LogP contribution is -1.94. The van der Waals surface area contributed by atoms with Crippen molar-refractivity contribution >= 4 is 11.6 Å². The van der Waals surface area contributed by atoms with Crippen molar-refractivity contribution in [2.45, 2.75) is 0 Å². The van der Waals surface area contributed by atoms with Crippen LogP contribution >= 0.6 is 11.6 Å². The molecule has 88 valence electrons. The minimum absolute atomic E-state index is 0.292. The van der Waals surface area contributed by atoms with Gasteiger partial charge in [-0.2, -0.15) is 0 Å². The Balaban J connectivity index is 2.55. The number of methoxy groups -OCH3 is 2. The van der Waals surface area contributed by atoms with E-state index in [1.54, 1.807) is 7.11 Å². The van der Waals surface area contributed by atoms with Gasteiger partial charge in [0.15, 0.2) is 10.9 Å². The van der Waals surface area contributed by atoms with Crippen LogP contribution in [0.2, 0.25) is 5.15 Å². The Morgan fingerprint density at radius 1 is 1.12 bits per heavy atom. The fraction of sp³-hybridized carbons (Fsp3) is 0.167. The maximum atomic E-state index is 5.95. The predicted octanol–water partition coefficient (Wildman–Crippen LogP) is 2.81. The highest BCUT2D eigenvalue weighted by Gasteiger charge is 2.12. The average Bonchev–Trinajstić information content (AvgIpc) is 2.38. The van der Waals surface area contributed by atoms with Crippen LogP contribution in [0, 0.1) is 0 Å². The third kappa shape index (κ3) is 2.31. The van der Waals surface area contributed by atoms with E-state index in [1.807, 2.05) is 24.3 Å². The van der Waals surface area contributed by atoms with E-state index in [-0.39, 0.29) is 0 Å². The van der Waals surface area contributed by atoms with Gasteiger partial charge in [-0.3, -0.25) is 0 Å².